The minimum atomic E-state index is -0.505. The number of carbonyl (C=O) groups excluding carboxylic acids is 1. The van der Waals surface area contributed by atoms with Crippen LogP contribution in [0.5, 0.6) is 5.75 Å². The number of nitrogens with one attached hydrogen (secondary N) is 2. The molecule has 1 aromatic heterocycles. The van der Waals surface area contributed by atoms with Crippen LogP contribution in [0.3, 0.4) is 0 Å². The van der Waals surface area contributed by atoms with Gasteiger partial charge in [-0.3, -0.25) is 4.79 Å². The number of allylic oxidation sites excluding steroid dienone is 1. The summed E-state index contributed by atoms with van der Waals surface area (Å²) in [5.74, 6) is 1.15. The van der Waals surface area contributed by atoms with Crippen LogP contribution in [0, 0.1) is 11.7 Å². The maximum atomic E-state index is 13.4. The van der Waals surface area contributed by atoms with Gasteiger partial charge in [0.05, 0.1) is 22.8 Å². The van der Waals surface area contributed by atoms with Crippen molar-refractivity contribution >= 4 is 45.6 Å². The molecule has 0 radical (unpaired) electrons. The maximum absolute atomic E-state index is 13.4. The fourth-order valence-corrected chi connectivity index (χ4v) is 3.93. The number of benzene rings is 2. The highest BCUT2D eigenvalue weighted by molar-refractivity contribution is 6.31. The first-order valence-electron chi connectivity index (χ1n) is 11.6. The number of rotatable bonds is 6. The summed E-state index contributed by atoms with van der Waals surface area (Å²) in [5, 5.41) is 6.55. The number of ether oxygens (including phenoxy) is 1. The van der Waals surface area contributed by atoms with Crippen LogP contribution in [0.15, 0.2) is 48.8 Å². The predicted molar refractivity (Wildman–Crippen MR) is 145 cm³/mol. The molecule has 1 aliphatic rings. The second-order valence-corrected chi connectivity index (χ2v) is 8.83. The molecule has 10 heteroatoms. The number of carbonyl (C=O) groups is 1. The molecule has 4 rings (SSSR count). The topological polar surface area (TPSA) is 114 Å². The molecule has 8 nitrogen and oxygen atoms in total. The van der Waals surface area contributed by atoms with Crippen LogP contribution in [0.25, 0.3) is 10.9 Å². The Morgan fingerprint density at radius 3 is 2.67 bits per heavy atom. The van der Waals surface area contributed by atoms with E-state index in [-0.39, 0.29) is 17.1 Å². The average molecular weight is 517 g/mol. The second-order valence-electron chi connectivity index (χ2n) is 8.42. The first kappa shape index (κ1) is 29.0. The molecular formula is C26H34ClFN6O2. The molecule has 3 aromatic rings. The first-order chi connectivity index (χ1) is 16.8. The van der Waals surface area contributed by atoms with Crippen LogP contribution in [0.2, 0.25) is 5.02 Å². The summed E-state index contributed by atoms with van der Waals surface area (Å²) < 4.78 is 19.0. The molecule has 1 aliphatic heterocycles. The Morgan fingerprint density at radius 1 is 1.31 bits per heavy atom. The van der Waals surface area contributed by atoms with Crippen molar-refractivity contribution in [3.63, 3.8) is 0 Å². The zero-order valence-corrected chi connectivity index (χ0v) is 21.9. The van der Waals surface area contributed by atoms with Gasteiger partial charge in [-0.05, 0) is 70.1 Å². The smallest absolute Gasteiger partial charge is 0.248 e. The zero-order chi connectivity index (χ0) is 25.4. The molecule has 2 aromatic carbocycles. The number of halogens is 2. The minimum Gasteiger partial charge on any atom is -0.492 e. The highest BCUT2D eigenvalue weighted by Crippen LogP contribution is 2.33. The summed E-state index contributed by atoms with van der Waals surface area (Å²) in [6, 6.07) is 7.75. The Morgan fingerprint density at radius 2 is 2.08 bits per heavy atom. The number of hydrogen-bond acceptors (Lipinski definition) is 7. The number of amides is 1. The van der Waals surface area contributed by atoms with E-state index in [2.05, 4.69) is 39.5 Å². The van der Waals surface area contributed by atoms with E-state index in [1.807, 2.05) is 6.92 Å². The lowest BCUT2D eigenvalue weighted by molar-refractivity contribution is -0.111. The lowest BCUT2D eigenvalue weighted by Crippen LogP contribution is -2.12. The molecule has 0 saturated carbocycles. The van der Waals surface area contributed by atoms with Gasteiger partial charge in [0.25, 0.3) is 0 Å². The molecule has 1 amide bonds. The van der Waals surface area contributed by atoms with Gasteiger partial charge in [0.15, 0.2) is 0 Å². The summed E-state index contributed by atoms with van der Waals surface area (Å²) in [4.78, 5) is 22.9. The monoisotopic (exact) mass is 516 g/mol. The number of hydrogen-bond donors (Lipinski definition) is 3. The number of nitrogens with zero attached hydrogens (tertiary/aromatic N) is 3. The standard InChI is InChI=1S/C20H18ClFN4O2.C6H13N.H3N/c1-3-5-19(27)26-17-9-13-16(10-18(17)28-4-2)23-11-24-20(13)25-12-6-7-15(22)14(21)8-12;1-6-3-4-7(2)5-6;/h3,5-11H,4H2,1-2H3,(H,26,27)(H,23,24,25);6H,3-5H2,1-2H3;1H3/b5-3+;;. The molecule has 5 N–H and O–H groups in total. The largest absolute Gasteiger partial charge is 0.492 e. The summed E-state index contributed by atoms with van der Waals surface area (Å²) in [6.07, 6.45) is 5.87. The van der Waals surface area contributed by atoms with Gasteiger partial charge in [-0.2, -0.15) is 0 Å². The van der Waals surface area contributed by atoms with Crippen molar-refractivity contribution in [1.82, 2.24) is 21.0 Å². The fraction of sp³-hybridized carbons (Fsp3) is 0.346. The highest BCUT2D eigenvalue weighted by atomic mass is 35.5. The molecule has 36 heavy (non-hydrogen) atoms. The molecule has 0 spiro atoms. The average Bonchev–Trinajstić information content (AvgIpc) is 3.20. The van der Waals surface area contributed by atoms with Gasteiger partial charge < -0.3 is 26.4 Å². The molecule has 1 unspecified atom stereocenters. The molecule has 1 fully saturated rings. The van der Waals surface area contributed by atoms with Crippen LogP contribution >= 0.6 is 11.6 Å². The molecule has 1 saturated heterocycles. The van der Waals surface area contributed by atoms with Gasteiger partial charge in [-0.25, -0.2) is 14.4 Å². The maximum Gasteiger partial charge on any atom is 0.248 e. The van der Waals surface area contributed by atoms with E-state index >= 15 is 0 Å². The van der Waals surface area contributed by atoms with Gasteiger partial charge in [-0.15, -0.1) is 0 Å². The zero-order valence-electron chi connectivity index (χ0n) is 21.1. The number of aromatic nitrogens is 2. The number of anilines is 3. The lowest BCUT2D eigenvalue weighted by atomic mass is 10.1. The summed E-state index contributed by atoms with van der Waals surface area (Å²) in [7, 11) is 2.18. The minimum absolute atomic E-state index is 0. The van der Waals surface area contributed by atoms with Crippen LogP contribution < -0.4 is 21.5 Å². The SMILES string of the molecule is C/C=C/C(=O)Nc1cc2c(Nc3ccc(F)c(Cl)c3)ncnc2cc1OCC.CC1CCN(C)C1.N. The van der Waals surface area contributed by atoms with Gasteiger partial charge in [-0.1, -0.05) is 24.6 Å². The Kier molecular flexibility index (Phi) is 11.0. The fourth-order valence-electron chi connectivity index (χ4n) is 3.75. The summed E-state index contributed by atoms with van der Waals surface area (Å²) >= 11 is 5.85. The van der Waals surface area contributed by atoms with Crippen molar-refractivity contribution in [2.75, 3.05) is 37.4 Å². The lowest BCUT2D eigenvalue weighted by Gasteiger charge is -2.14. The van der Waals surface area contributed by atoms with Crippen LogP contribution in [-0.2, 0) is 4.79 Å². The van der Waals surface area contributed by atoms with E-state index in [9.17, 15) is 9.18 Å². The molecule has 194 valence electrons. The van der Waals surface area contributed by atoms with Gasteiger partial charge in [0.1, 0.15) is 23.7 Å². The molecule has 1 atom stereocenters. The summed E-state index contributed by atoms with van der Waals surface area (Å²) in [6.45, 7) is 8.97. The molecular weight excluding hydrogens is 483 g/mol. The third-order valence-corrected chi connectivity index (χ3v) is 5.71. The molecule has 2 heterocycles. The third-order valence-electron chi connectivity index (χ3n) is 5.42. The van der Waals surface area contributed by atoms with E-state index in [0.29, 0.717) is 40.5 Å². The van der Waals surface area contributed by atoms with Crippen molar-refractivity contribution in [3.05, 3.63) is 59.7 Å². The van der Waals surface area contributed by atoms with Gasteiger partial charge >= 0.3 is 0 Å². The van der Waals surface area contributed by atoms with Crippen molar-refractivity contribution < 1.29 is 13.9 Å². The van der Waals surface area contributed by atoms with Gasteiger partial charge in [0, 0.05) is 23.7 Å². The number of likely N-dealkylation sites (tertiary alicyclic amines) is 1. The van der Waals surface area contributed by atoms with Crippen molar-refractivity contribution in [2.45, 2.75) is 27.2 Å². The van der Waals surface area contributed by atoms with Gasteiger partial charge in [0.2, 0.25) is 5.91 Å². The van der Waals surface area contributed by atoms with Crippen molar-refractivity contribution in [1.29, 1.82) is 0 Å². The van der Waals surface area contributed by atoms with E-state index in [4.69, 9.17) is 16.3 Å². The third kappa shape index (κ3) is 7.87. The normalized spacial score (nSPS) is 15.2. The highest BCUT2D eigenvalue weighted by Gasteiger charge is 2.14. The van der Waals surface area contributed by atoms with Crippen molar-refractivity contribution in [3.8, 4) is 5.75 Å². The first-order valence-corrected chi connectivity index (χ1v) is 11.9. The van der Waals surface area contributed by atoms with Crippen molar-refractivity contribution in [2.24, 2.45) is 5.92 Å². The Bertz CT molecular complexity index is 1200. The van der Waals surface area contributed by atoms with E-state index in [1.54, 1.807) is 31.2 Å². The number of fused-ring (bicyclic) bond motifs is 1. The quantitative estimate of drug-likeness (QED) is 0.334. The Labute approximate surface area is 216 Å². The molecule has 0 bridgehead atoms. The van der Waals surface area contributed by atoms with E-state index < -0.39 is 5.82 Å². The predicted octanol–water partition coefficient (Wildman–Crippen LogP) is 6.20. The van der Waals surface area contributed by atoms with Crippen LogP contribution in [0.1, 0.15) is 27.2 Å². The van der Waals surface area contributed by atoms with Crippen LogP contribution in [-0.4, -0.2) is 47.5 Å². The summed E-state index contributed by atoms with van der Waals surface area (Å²) in [5.41, 5.74) is 1.69. The van der Waals surface area contributed by atoms with Crippen LogP contribution in [0.4, 0.5) is 21.6 Å². The Balaban J connectivity index is 0.000000492. The van der Waals surface area contributed by atoms with E-state index in [1.165, 1.54) is 44.0 Å². The van der Waals surface area contributed by atoms with E-state index in [0.717, 1.165) is 5.92 Å². The second kappa shape index (κ2) is 13.7. The molecule has 0 aliphatic carbocycles. The Hall–Kier alpha value is -3.27.